The highest BCUT2D eigenvalue weighted by Gasteiger charge is 2.16. The molecule has 152 valence electrons. The molecule has 0 radical (unpaired) electrons. The molecule has 0 spiro atoms. The fraction of sp³-hybridized carbons (Fsp3) is 0.211. The van der Waals surface area contributed by atoms with Gasteiger partial charge in [-0.3, -0.25) is 14.9 Å². The second kappa shape index (κ2) is 9.83. The first-order chi connectivity index (χ1) is 13.8. The number of ether oxygens (including phenoxy) is 2. The molecule has 2 aromatic rings. The number of hydrogen-bond donors (Lipinski definition) is 2. The van der Waals surface area contributed by atoms with Gasteiger partial charge in [-0.15, -0.1) is 0 Å². The maximum atomic E-state index is 12.1. The molecule has 10 heteroatoms. The zero-order valence-corrected chi connectivity index (χ0v) is 15.7. The van der Waals surface area contributed by atoms with Crippen LogP contribution in [0.3, 0.4) is 0 Å². The first kappa shape index (κ1) is 21.4. The lowest BCUT2D eigenvalue weighted by atomic mass is 10.2. The number of aliphatic carboxylic acids is 1. The molecule has 29 heavy (non-hydrogen) atoms. The second-order valence-electron chi connectivity index (χ2n) is 5.74. The highest BCUT2D eigenvalue weighted by atomic mass is 16.6. The molecule has 0 aliphatic heterocycles. The summed E-state index contributed by atoms with van der Waals surface area (Å²) in [4.78, 5) is 33.2. The van der Waals surface area contributed by atoms with Crippen molar-refractivity contribution in [1.29, 1.82) is 0 Å². The number of carboxylic acids is 1. The monoisotopic (exact) mass is 401 g/mol. The number of rotatable bonds is 9. The predicted octanol–water partition coefficient (Wildman–Crippen LogP) is 2.61. The van der Waals surface area contributed by atoms with Crippen LogP contribution in [0.4, 0.5) is 5.69 Å². The minimum absolute atomic E-state index is 0.0951. The van der Waals surface area contributed by atoms with Gasteiger partial charge in [-0.2, -0.15) is 5.10 Å². The van der Waals surface area contributed by atoms with Gasteiger partial charge in [0.25, 0.3) is 11.6 Å². The van der Waals surface area contributed by atoms with Crippen LogP contribution in [0.5, 0.6) is 11.5 Å². The summed E-state index contributed by atoms with van der Waals surface area (Å²) in [6.45, 7) is 3.50. The first-order valence-electron chi connectivity index (χ1n) is 8.56. The summed E-state index contributed by atoms with van der Waals surface area (Å²) < 4.78 is 10.8. The molecule has 0 heterocycles. The Balaban J connectivity index is 2.10. The summed E-state index contributed by atoms with van der Waals surface area (Å²) in [6, 6.07) is 9.99. The van der Waals surface area contributed by atoms with E-state index >= 15 is 0 Å². The lowest BCUT2D eigenvalue weighted by Gasteiger charge is -2.15. The first-order valence-corrected chi connectivity index (χ1v) is 8.56. The molecule has 0 aromatic heterocycles. The van der Waals surface area contributed by atoms with Gasteiger partial charge in [0.15, 0.2) is 17.6 Å². The number of nitro groups is 1. The molecule has 2 N–H and O–H groups in total. The molecule has 0 fully saturated rings. The fourth-order valence-corrected chi connectivity index (χ4v) is 2.20. The lowest BCUT2D eigenvalue weighted by Crippen LogP contribution is -2.23. The molecule has 2 aromatic carbocycles. The van der Waals surface area contributed by atoms with Crippen LogP contribution in [0.25, 0.3) is 0 Å². The third-order valence-corrected chi connectivity index (χ3v) is 3.62. The molecule has 0 unspecified atom stereocenters. The van der Waals surface area contributed by atoms with Crippen molar-refractivity contribution in [3.05, 3.63) is 63.7 Å². The maximum absolute atomic E-state index is 12.1. The third kappa shape index (κ3) is 6.03. The summed E-state index contributed by atoms with van der Waals surface area (Å²) in [7, 11) is 0. The minimum atomic E-state index is -1.11. The molecular weight excluding hydrogens is 382 g/mol. The molecule has 0 aliphatic carbocycles. The van der Waals surface area contributed by atoms with E-state index in [2.05, 4.69) is 10.5 Å². The Labute approximate surface area is 165 Å². The third-order valence-electron chi connectivity index (χ3n) is 3.62. The van der Waals surface area contributed by atoms with Crippen molar-refractivity contribution in [3.63, 3.8) is 0 Å². The average molecular weight is 401 g/mol. The Morgan fingerprint density at radius 2 is 2.03 bits per heavy atom. The van der Waals surface area contributed by atoms with Gasteiger partial charge >= 0.3 is 5.97 Å². The van der Waals surface area contributed by atoms with Crippen LogP contribution in [0.15, 0.2) is 47.6 Å². The molecular formula is C19H19N3O7. The number of amides is 1. The number of nitrogens with zero attached hydrogens (tertiary/aromatic N) is 2. The molecule has 1 atom stereocenters. The van der Waals surface area contributed by atoms with E-state index in [4.69, 9.17) is 14.6 Å². The van der Waals surface area contributed by atoms with Crippen LogP contribution in [0.1, 0.15) is 29.8 Å². The molecule has 1 amide bonds. The largest absolute Gasteiger partial charge is 0.490 e. The Morgan fingerprint density at radius 3 is 2.69 bits per heavy atom. The number of nitrogens with one attached hydrogen (secondary N) is 1. The smallest absolute Gasteiger partial charge is 0.344 e. The van der Waals surface area contributed by atoms with Gasteiger partial charge in [-0.1, -0.05) is 6.07 Å². The number of carbonyl (C=O) groups is 2. The van der Waals surface area contributed by atoms with E-state index in [0.29, 0.717) is 17.9 Å². The van der Waals surface area contributed by atoms with Crippen molar-refractivity contribution in [1.82, 2.24) is 5.43 Å². The summed E-state index contributed by atoms with van der Waals surface area (Å²) in [6.07, 6.45) is 0.297. The number of hydrogen-bond acceptors (Lipinski definition) is 7. The zero-order chi connectivity index (χ0) is 21.4. The van der Waals surface area contributed by atoms with Crippen LogP contribution in [-0.2, 0) is 4.79 Å². The number of non-ortho nitro benzene ring substituents is 1. The highest BCUT2D eigenvalue weighted by Crippen LogP contribution is 2.29. The summed E-state index contributed by atoms with van der Waals surface area (Å²) >= 11 is 0. The van der Waals surface area contributed by atoms with E-state index in [-0.39, 0.29) is 17.0 Å². The van der Waals surface area contributed by atoms with Gasteiger partial charge in [0.05, 0.1) is 17.7 Å². The van der Waals surface area contributed by atoms with Gasteiger partial charge in [0, 0.05) is 17.7 Å². The Hall–Kier alpha value is -3.95. The molecule has 0 saturated carbocycles. The number of carboxylic acid groups (broad SMARTS) is 1. The number of hydrazone groups is 1. The molecule has 0 saturated heterocycles. The lowest BCUT2D eigenvalue weighted by molar-refractivity contribution is -0.384. The summed E-state index contributed by atoms with van der Waals surface area (Å²) in [5.74, 6) is -1.12. The van der Waals surface area contributed by atoms with E-state index in [1.54, 1.807) is 19.1 Å². The average Bonchev–Trinajstić information content (AvgIpc) is 2.69. The maximum Gasteiger partial charge on any atom is 0.344 e. The molecule has 2 rings (SSSR count). The van der Waals surface area contributed by atoms with Crippen LogP contribution >= 0.6 is 0 Å². The number of benzene rings is 2. The van der Waals surface area contributed by atoms with E-state index in [1.165, 1.54) is 37.4 Å². The Morgan fingerprint density at radius 1 is 1.28 bits per heavy atom. The van der Waals surface area contributed by atoms with Crippen molar-refractivity contribution in [2.24, 2.45) is 5.10 Å². The second-order valence-corrected chi connectivity index (χ2v) is 5.74. The zero-order valence-electron chi connectivity index (χ0n) is 15.7. The quantitative estimate of drug-likeness (QED) is 0.374. The van der Waals surface area contributed by atoms with Crippen LogP contribution < -0.4 is 14.9 Å². The van der Waals surface area contributed by atoms with Crippen molar-refractivity contribution in [3.8, 4) is 11.5 Å². The van der Waals surface area contributed by atoms with Crippen molar-refractivity contribution in [2.75, 3.05) is 6.61 Å². The van der Waals surface area contributed by atoms with Gasteiger partial charge in [0.1, 0.15) is 0 Å². The Kier molecular flexibility index (Phi) is 7.24. The summed E-state index contributed by atoms with van der Waals surface area (Å²) in [5.41, 5.74) is 2.74. The van der Waals surface area contributed by atoms with Crippen LogP contribution in [0.2, 0.25) is 0 Å². The fourth-order valence-electron chi connectivity index (χ4n) is 2.20. The van der Waals surface area contributed by atoms with E-state index in [0.717, 1.165) is 6.07 Å². The van der Waals surface area contributed by atoms with Crippen molar-refractivity contribution >= 4 is 23.8 Å². The van der Waals surface area contributed by atoms with Crippen molar-refractivity contribution < 1.29 is 29.1 Å². The number of nitro benzene ring substituents is 1. The normalized spacial score (nSPS) is 11.7. The van der Waals surface area contributed by atoms with Crippen molar-refractivity contribution in [2.45, 2.75) is 20.0 Å². The van der Waals surface area contributed by atoms with E-state index < -0.39 is 22.9 Å². The molecule has 0 aliphatic rings. The molecule has 0 bridgehead atoms. The van der Waals surface area contributed by atoms with Crippen LogP contribution in [-0.4, -0.2) is 40.8 Å². The van der Waals surface area contributed by atoms with Gasteiger partial charge in [-0.25, -0.2) is 10.2 Å². The standard InChI is InChI=1S/C19H19N3O7/c1-3-28-17-9-13(7-8-16(17)29-12(2)19(24)25)11-20-21-18(23)14-5-4-6-15(10-14)22(26)27/h4-12H,3H2,1-2H3,(H,21,23)(H,24,25)/b20-11+/t12-/m0/s1. The van der Waals surface area contributed by atoms with Crippen LogP contribution in [0, 0.1) is 10.1 Å². The minimum Gasteiger partial charge on any atom is -0.490 e. The SMILES string of the molecule is CCOc1cc(/C=N/NC(=O)c2cccc([N+](=O)[O-])c2)ccc1O[C@@H](C)C(=O)O. The summed E-state index contributed by atoms with van der Waals surface area (Å²) in [5, 5.41) is 23.6. The highest BCUT2D eigenvalue weighted by molar-refractivity contribution is 5.95. The van der Waals surface area contributed by atoms with Gasteiger partial charge in [-0.05, 0) is 43.7 Å². The number of carbonyl (C=O) groups excluding carboxylic acids is 1. The van der Waals surface area contributed by atoms with E-state index in [1.807, 2.05) is 0 Å². The Bertz CT molecular complexity index is 943. The van der Waals surface area contributed by atoms with E-state index in [9.17, 15) is 19.7 Å². The van der Waals surface area contributed by atoms with Gasteiger partial charge < -0.3 is 14.6 Å². The molecule has 10 nitrogen and oxygen atoms in total. The predicted molar refractivity (Wildman–Crippen MR) is 103 cm³/mol. The van der Waals surface area contributed by atoms with Gasteiger partial charge in [0.2, 0.25) is 0 Å². The topological polar surface area (TPSA) is 140 Å².